The molecule has 1 heterocycles. The van der Waals surface area contributed by atoms with Crippen molar-refractivity contribution in [2.75, 3.05) is 5.75 Å². The van der Waals surface area contributed by atoms with E-state index in [1.165, 1.54) is 0 Å². The summed E-state index contributed by atoms with van der Waals surface area (Å²) >= 11 is 0. The van der Waals surface area contributed by atoms with E-state index >= 15 is 0 Å². The Labute approximate surface area is 118 Å². The molecule has 0 spiro atoms. The topological polar surface area (TPSA) is 158 Å². The number of H-pyrrole nitrogens is 1. The number of nitrogens with zero attached hydrogens (tertiary/aromatic N) is 1. The van der Waals surface area contributed by atoms with E-state index in [-0.39, 0.29) is 5.75 Å². The lowest BCUT2D eigenvalue weighted by Crippen LogP contribution is -2.02. The van der Waals surface area contributed by atoms with Crippen molar-refractivity contribution in [2.24, 2.45) is 0 Å². The average molecular weight is 330 g/mol. The summed E-state index contributed by atoms with van der Waals surface area (Å²) in [7, 11) is -8.41. The molecule has 0 fully saturated rings. The van der Waals surface area contributed by atoms with Gasteiger partial charge in [0.1, 0.15) is 0 Å². The number of rotatable bonds is 5. The Morgan fingerprint density at radius 1 is 1.15 bits per heavy atom. The third-order valence-corrected chi connectivity index (χ3v) is 2.27. The molecule has 0 aliphatic rings. The Hall–Kier alpha value is -1.27. The van der Waals surface area contributed by atoms with Gasteiger partial charge in [-0.1, -0.05) is 6.08 Å². The van der Waals surface area contributed by atoms with Crippen molar-refractivity contribution in [3.63, 3.8) is 0 Å². The summed E-state index contributed by atoms with van der Waals surface area (Å²) in [6, 6.07) is 0. The van der Waals surface area contributed by atoms with E-state index in [2.05, 4.69) is 16.5 Å². The van der Waals surface area contributed by atoms with Gasteiger partial charge < -0.3 is 4.98 Å². The standard InChI is InChI=1S/C6H12O3S.C3H4N2.H2O4S/c1-2-3-4-5-6-10(7,8)9;1-2-5-3-4-1;1-5(2,3)4/h2H,1,3-6H2,(H,7,8,9);1-3H,(H,4,5);(H2,1,2,3,4). The van der Waals surface area contributed by atoms with Crippen molar-refractivity contribution in [3.05, 3.63) is 31.4 Å². The molecule has 0 bridgehead atoms. The van der Waals surface area contributed by atoms with Gasteiger partial charge in [-0.05, 0) is 19.3 Å². The second kappa shape index (κ2) is 11.5. The summed E-state index contributed by atoms with van der Waals surface area (Å²) < 4.78 is 60.1. The number of imidazole rings is 1. The van der Waals surface area contributed by atoms with E-state index < -0.39 is 20.5 Å². The lowest BCUT2D eigenvalue weighted by Gasteiger charge is -1.93. The van der Waals surface area contributed by atoms with Gasteiger partial charge in [-0.25, -0.2) is 4.98 Å². The third-order valence-electron chi connectivity index (χ3n) is 1.47. The fourth-order valence-corrected chi connectivity index (χ4v) is 1.36. The van der Waals surface area contributed by atoms with Gasteiger partial charge >= 0.3 is 10.4 Å². The lowest BCUT2D eigenvalue weighted by atomic mass is 10.2. The number of hydrogen-bond acceptors (Lipinski definition) is 5. The van der Waals surface area contributed by atoms with Crippen molar-refractivity contribution in [1.82, 2.24) is 9.97 Å². The Bertz CT molecular complexity index is 497. The molecular weight excluding hydrogens is 312 g/mol. The highest BCUT2D eigenvalue weighted by Gasteiger charge is 2.01. The SMILES string of the molecule is C=CCCCCS(=O)(=O)O.O=S(=O)(O)O.c1c[nH]cn1. The molecule has 0 atom stereocenters. The molecule has 0 saturated heterocycles. The van der Waals surface area contributed by atoms with Gasteiger partial charge in [0.15, 0.2) is 0 Å². The first-order valence-corrected chi connectivity index (χ1v) is 8.25. The van der Waals surface area contributed by atoms with Gasteiger partial charge in [-0.2, -0.15) is 16.8 Å². The molecule has 0 unspecified atom stereocenters. The lowest BCUT2D eigenvalue weighted by molar-refractivity contribution is 0.381. The van der Waals surface area contributed by atoms with Crippen LogP contribution < -0.4 is 0 Å². The van der Waals surface area contributed by atoms with Crippen LogP contribution in [0.1, 0.15) is 19.3 Å². The molecule has 1 rings (SSSR count). The number of aromatic amines is 1. The molecular formula is C9H18N2O7S2. The van der Waals surface area contributed by atoms with Crippen LogP contribution in [0.5, 0.6) is 0 Å². The molecule has 0 aliphatic carbocycles. The molecule has 0 aliphatic heterocycles. The number of aromatic nitrogens is 2. The fourth-order valence-electron chi connectivity index (χ4n) is 0.788. The van der Waals surface area contributed by atoms with E-state index in [1.807, 2.05) is 0 Å². The van der Waals surface area contributed by atoms with Crippen molar-refractivity contribution in [2.45, 2.75) is 19.3 Å². The van der Waals surface area contributed by atoms with E-state index in [1.54, 1.807) is 24.8 Å². The molecule has 20 heavy (non-hydrogen) atoms. The highest BCUT2D eigenvalue weighted by atomic mass is 32.3. The molecule has 1 aromatic heterocycles. The van der Waals surface area contributed by atoms with E-state index in [0.29, 0.717) is 6.42 Å². The average Bonchev–Trinajstić information content (AvgIpc) is 2.79. The van der Waals surface area contributed by atoms with Gasteiger partial charge in [0, 0.05) is 12.4 Å². The van der Waals surface area contributed by atoms with Crippen LogP contribution in [0.3, 0.4) is 0 Å². The van der Waals surface area contributed by atoms with Crippen LogP contribution in [0.2, 0.25) is 0 Å². The van der Waals surface area contributed by atoms with Crippen LogP contribution in [-0.2, 0) is 20.5 Å². The number of nitrogens with one attached hydrogen (secondary N) is 1. The third kappa shape index (κ3) is 36.0. The second-order valence-corrected chi connectivity index (χ2v) is 5.75. The summed E-state index contributed by atoms with van der Waals surface area (Å²) in [5.41, 5.74) is 0. The minimum Gasteiger partial charge on any atom is -0.351 e. The quantitative estimate of drug-likeness (QED) is 0.353. The maximum Gasteiger partial charge on any atom is 0.394 e. The van der Waals surface area contributed by atoms with Crippen molar-refractivity contribution >= 4 is 20.5 Å². The second-order valence-electron chi connectivity index (χ2n) is 3.28. The first-order valence-electron chi connectivity index (χ1n) is 5.25. The molecule has 0 aromatic carbocycles. The maximum absolute atomic E-state index is 10.1. The first-order chi connectivity index (χ1) is 9.06. The fraction of sp³-hybridized carbons (Fsp3) is 0.444. The predicted octanol–water partition coefficient (Wildman–Crippen LogP) is 0.987. The zero-order chi connectivity index (χ0) is 16.1. The van der Waals surface area contributed by atoms with E-state index in [9.17, 15) is 8.42 Å². The summed E-state index contributed by atoms with van der Waals surface area (Å²) in [5, 5.41) is 0. The smallest absolute Gasteiger partial charge is 0.351 e. The van der Waals surface area contributed by atoms with Crippen molar-refractivity contribution in [3.8, 4) is 0 Å². The molecule has 0 amide bonds. The monoisotopic (exact) mass is 330 g/mol. The van der Waals surface area contributed by atoms with Crippen LogP contribution in [0.15, 0.2) is 31.4 Å². The number of unbranched alkanes of at least 4 members (excludes halogenated alkanes) is 2. The molecule has 0 radical (unpaired) electrons. The molecule has 9 nitrogen and oxygen atoms in total. The molecule has 118 valence electrons. The molecule has 0 saturated carbocycles. The van der Waals surface area contributed by atoms with Crippen molar-refractivity contribution in [1.29, 1.82) is 0 Å². The van der Waals surface area contributed by atoms with Crippen LogP contribution in [0, 0.1) is 0 Å². The van der Waals surface area contributed by atoms with Gasteiger partial charge in [0.05, 0.1) is 12.1 Å². The number of allylic oxidation sites excluding steroid dienone is 1. The van der Waals surface area contributed by atoms with Gasteiger partial charge in [-0.3, -0.25) is 13.7 Å². The van der Waals surface area contributed by atoms with E-state index in [0.717, 1.165) is 12.8 Å². The summed E-state index contributed by atoms with van der Waals surface area (Å²) in [4.78, 5) is 6.42. The van der Waals surface area contributed by atoms with Crippen LogP contribution in [0.25, 0.3) is 0 Å². The predicted molar refractivity (Wildman–Crippen MR) is 73.2 cm³/mol. The van der Waals surface area contributed by atoms with Gasteiger partial charge in [-0.15, -0.1) is 6.58 Å². The summed E-state index contributed by atoms with van der Waals surface area (Å²) in [6.45, 7) is 3.48. The summed E-state index contributed by atoms with van der Waals surface area (Å²) in [5.74, 6) is -0.138. The zero-order valence-electron chi connectivity index (χ0n) is 10.6. The Balaban J connectivity index is 0. The van der Waals surface area contributed by atoms with Crippen LogP contribution in [-0.4, -0.2) is 46.2 Å². The highest BCUT2D eigenvalue weighted by molar-refractivity contribution is 7.85. The largest absolute Gasteiger partial charge is 0.394 e. The van der Waals surface area contributed by atoms with Crippen LogP contribution in [0.4, 0.5) is 0 Å². The minimum atomic E-state index is -4.67. The first kappa shape index (κ1) is 21.0. The number of hydrogen-bond donors (Lipinski definition) is 4. The molecule has 4 N–H and O–H groups in total. The van der Waals surface area contributed by atoms with E-state index in [4.69, 9.17) is 22.1 Å². The normalized spacial score (nSPS) is 10.6. The van der Waals surface area contributed by atoms with Gasteiger partial charge in [0.2, 0.25) is 0 Å². The highest BCUT2D eigenvalue weighted by Crippen LogP contribution is 1.97. The Morgan fingerprint density at radius 2 is 1.70 bits per heavy atom. The summed E-state index contributed by atoms with van der Waals surface area (Å²) in [6.07, 6.45) is 8.88. The maximum atomic E-state index is 10.1. The Morgan fingerprint density at radius 3 is 1.95 bits per heavy atom. The Kier molecular flexibility index (Phi) is 12.1. The minimum absolute atomic E-state index is 0.138. The zero-order valence-corrected chi connectivity index (χ0v) is 12.2. The molecule has 1 aromatic rings. The van der Waals surface area contributed by atoms with Crippen molar-refractivity contribution < 1.29 is 30.5 Å². The van der Waals surface area contributed by atoms with Crippen LogP contribution >= 0.6 is 0 Å². The van der Waals surface area contributed by atoms with Gasteiger partial charge in [0.25, 0.3) is 10.1 Å². The molecule has 11 heteroatoms.